The van der Waals surface area contributed by atoms with Gasteiger partial charge in [-0.1, -0.05) is 12.1 Å². The SMILES string of the molecule is COCCC(C)N(CC(N)=O)Cc1cccc(N)c1. The maximum Gasteiger partial charge on any atom is 0.231 e. The van der Waals surface area contributed by atoms with E-state index in [1.54, 1.807) is 7.11 Å². The second-order valence-corrected chi connectivity index (χ2v) is 4.75. The van der Waals surface area contributed by atoms with Crippen molar-refractivity contribution in [3.63, 3.8) is 0 Å². The Morgan fingerprint density at radius 1 is 1.47 bits per heavy atom. The summed E-state index contributed by atoms with van der Waals surface area (Å²) in [6, 6.07) is 7.88. The summed E-state index contributed by atoms with van der Waals surface area (Å²) in [5.74, 6) is -0.326. The van der Waals surface area contributed by atoms with Gasteiger partial charge >= 0.3 is 0 Å². The quantitative estimate of drug-likeness (QED) is 0.687. The first-order valence-corrected chi connectivity index (χ1v) is 6.38. The molecule has 0 aliphatic rings. The zero-order valence-electron chi connectivity index (χ0n) is 11.6. The van der Waals surface area contributed by atoms with Crippen molar-refractivity contribution < 1.29 is 9.53 Å². The molecule has 0 radical (unpaired) electrons. The van der Waals surface area contributed by atoms with Gasteiger partial charge in [-0.05, 0) is 31.0 Å². The molecular formula is C14H23N3O2. The van der Waals surface area contributed by atoms with Crippen molar-refractivity contribution in [2.24, 2.45) is 5.73 Å². The number of methoxy groups -OCH3 is 1. The molecule has 1 unspecified atom stereocenters. The summed E-state index contributed by atoms with van der Waals surface area (Å²) < 4.78 is 5.07. The minimum absolute atomic E-state index is 0.217. The molecule has 1 amide bonds. The lowest BCUT2D eigenvalue weighted by molar-refractivity contribution is -0.119. The van der Waals surface area contributed by atoms with E-state index in [9.17, 15) is 4.79 Å². The Morgan fingerprint density at radius 2 is 2.21 bits per heavy atom. The van der Waals surface area contributed by atoms with Gasteiger partial charge in [-0.15, -0.1) is 0 Å². The van der Waals surface area contributed by atoms with E-state index in [1.807, 2.05) is 29.2 Å². The third-order valence-electron chi connectivity index (χ3n) is 3.06. The first kappa shape index (κ1) is 15.5. The van der Waals surface area contributed by atoms with Crippen molar-refractivity contribution in [1.29, 1.82) is 0 Å². The van der Waals surface area contributed by atoms with E-state index in [2.05, 4.69) is 6.92 Å². The highest BCUT2D eigenvalue weighted by atomic mass is 16.5. The molecule has 5 nitrogen and oxygen atoms in total. The highest BCUT2D eigenvalue weighted by Gasteiger charge is 2.16. The molecule has 0 aliphatic carbocycles. The van der Waals surface area contributed by atoms with Gasteiger partial charge in [0, 0.05) is 32.0 Å². The monoisotopic (exact) mass is 265 g/mol. The van der Waals surface area contributed by atoms with Crippen LogP contribution in [0.5, 0.6) is 0 Å². The Bertz CT molecular complexity index is 409. The number of ether oxygens (including phenoxy) is 1. The van der Waals surface area contributed by atoms with Crippen molar-refractivity contribution in [3.8, 4) is 0 Å². The van der Waals surface area contributed by atoms with E-state index in [-0.39, 0.29) is 18.5 Å². The van der Waals surface area contributed by atoms with Gasteiger partial charge in [0.15, 0.2) is 0 Å². The molecule has 0 aliphatic heterocycles. The number of carbonyl (C=O) groups excluding carboxylic acids is 1. The van der Waals surface area contributed by atoms with Gasteiger partial charge in [-0.3, -0.25) is 9.69 Å². The summed E-state index contributed by atoms with van der Waals surface area (Å²) in [4.78, 5) is 13.2. The summed E-state index contributed by atoms with van der Waals surface area (Å²) in [6.07, 6.45) is 0.853. The molecule has 1 aromatic carbocycles. The second kappa shape index (κ2) is 7.76. The second-order valence-electron chi connectivity index (χ2n) is 4.75. The van der Waals surface area contributed by atoms with Crippen LogP contribution in [0.1, 0.15) is 18.9 Å². The number of primary amides is 1. The Kier molecular flexibility index (Phi) is 6.32. The normalized spacial score (nSPS) is 12.6. The van der Waals surface area contributed by atoms with Crippen LogP contribution in [0.15, 0.2) is 24.3 Å². The number of nitrogen functional groups attached to an aromatic ring is 1. The molecule has 0 heterocycles. The Balaban J connectivity index is 2.70. The predicted molar refractivity (Wildman–Crippen MR) is 76.4 cm³/mol. The van der Waals surface area contributed by atoms with E-state index >= 15 is 0 Å². The van der Waals surface area contributed by atoms with Crippen molar-refractivity contribution >= 4 is 11.6 Å². The predicted octanol–water partition coefficient (Wildman–Crippen LogP) is 0.981. The summed E-state index contributed by atoms with van der Waals surface area (Å²) in [5, 5.41) is 0. The number of hydrogen-bond donors (Lipinski definition) is 2. The molecule has 0 aromatic heterocycles. The van der Waals surface area contributed by atoms with Crippen LogP contribution in [-0.2, 0) is 16.1 Å². The number of carbonyl (C=O) groups is 1. The van der Waals surface area contributed by atoms with Gasteiger partial charge in [-0.2, -0.15) is 0 Å². The minimum Gasteiger partial charge on any atom is -0.399 e. The molecule has 4 N–H and O–H groups in total. The van der Waals surface area contributed by atoms with Crippen LogP contribution in [0.4, 0.5) is 5.69 Å². The highest BCUT2D eigenvalue weighted by molar-refractivity contribution is 5.75. The molecule has 5 heteroatoms. The molecule has 1 rings (SSSR count). The first-order valence-electron chi connectivity index (χ1n) is 6.38. The molecule has 19 heavy (non-hydrogen) atoms. The summed E-state index contributed by atoms with van der Waals surface area (Å²) in [5.41, 5.74) is 12.9. The van der Waals surface area contributed by atoms with Gasteiger partial charge in [-0.25, -0.2) is 0 Å². The van der Waals surface area contributed by atoms with Gasteiger partial charge < -0.3 is 16.2 Å². The third-order valence-corrected chi connectivity index (χ3v) is 3.06. The lowest BCUT2D eigenvalue weighted by atomic mass is 10.1. The van der Waals surface area contributed by atoms with E-state index in [0.29, 0.717) is 13.2 Å². The number of nitrogens with two attached hydrogens (primary N) is 2. The van der Waals surface area contributed by atoms with Gasteiger partial charge in [0.2, 0.25) is 5.91 Å². The van der Waals surface area contributed by atoms with Crippen LogP contribution >= 0.6 is 0 Å². The maximum absolute atomic E-state index is 11.2. The molecule has 1 aromatic rings. The van der Waals surface area contributed by atoms with Crippen LogP contribution in [0, 0.1) is 0 Å². The van der Waals surface area contributed by atoms with Gasteiger partial charge in [0.1, 0.15) is 0 Å². The summed E-state index contributed by atoms with van der Waals surface area (Å²) in [6.45, 7) is 3.61. The topological polar surface area (TPSA) is 81.6 Å². The molecule has 0 saturated heterocycles. The number of benzene rings is 1. The molecule has 0 bridgehead atoms. The van der Waals surface area contributed by atoms with Gasteiger partial charge in [0.25, 0.3) is 0 Å². The summed E-state index contributed by atoms with van der Waals surface area (Å²) >= 11 is 0. The molecule has 1 atom stereocenters. The number of amides is 1. The molecule has 106 valence electrons. The Morgan fingerprint density at radius 3 is 2.79 bits per heavy atom. The van der Waals surface area contributed by atoms with Crippen LogP contribution in [0.25, 0.3) is 0 Å². The average molecular weight is 265 g/mol. The summed E-state index contributed by atoms with van der Waals surface area (Å²) in [7, 11) is 1.67. The lowest BCUT2D eigenvalue weighted by Crippen LogP contribution is -2.39. The van der Waals surface area contributed by atoms with Crippen LogP contribution in [0.2, 0.25) is 0 Å². The van der Waals surface area contributed by atoms with Crippen molar-refractivity contribution in [1.82, 2.24) is 4.90 Å². The fourth-order valence-electron chi connectivity index (χ4n) is 1.96. The van der Waals surface area contributed by atoms with Crippen LogP contribution < -0.4 is 11.5 Å². The van der Waals surface area contributed by atoms with E-state index in [1.165, 1.54) is 0 Å². The lowest BCUT2D eigenvalue weighted by Gasteiger charge is -2.28. The molecule has 0 saturated carbocycles. The third kappa shape index (κ3) is 5.72. The zero-order chi connectivity index (χ0) is 14.3. The van der Waals surface area contributed by atoms with Crippen LogP contribution in [-0.4, -0.2) is 37.1 Å². The van der Waals surface area contributed by atoms with Crippen LogP contribution in [0.3, 0.4) is 0 Å². The first-order chi connectivity index (χ1) is 9.02. The fraction of sp³-hybridized carbons (Fsp3) is 0.500. The maximum atomic E-state index is 11.2. The highest BCUT2D eigenvalue weighted by Crippen LogP contribution is 2.13. The largest absolute Gasteiger partial charge is 0.399 e. The van der Waals surface area contributed by atoms with Crippen molar-refractivity contribution in [3.05, 3.63) is 29.8 Å². The number of rotatable bonds is 8. The van der Waals surface area contributed by atoms with E-state index in [0.717, 1.165) is 17.7 Å². The number of hydrogen-bond acceptors (Lipinski definition) is 4. The molecule has 0 fully saturated rings. The number of anilines is 1. The van der Waals surface area contributed by atoms with Crippen molar-refractivity contribution in [2.75, 3.05) is 26.0 Å². The van der Waals surface area contributed by atoms with Gasteiger partial charge in [0.05, 0.1) is 6.54 Å². The van der Waals surface area contributed by atoms with Crippen molar-refractivity contribution in [2.45, 2.75) is 25.9 Å². The number of nitrogens with zero attached hydrogens (tertiary/aromatic N) is 1. The Labute approximate surface area is 114 Å². The molecular weight excluding hydrogens is 242 g/mol. The fourth-order valence-corrected chi connectivity index (χ4v) is 1.96. The Hall–Kier alpha value is -1.59. The smallest absolute Gasteiger partial charge is 0.231 e. The zero-order valence-corrected chi connectivity index (χ0v) is 11.6. The molecule has 0 spiro atoms. The van der Waals surface area contributed by atoms with E-state index in [4.69, 9.17) is 16.2 Å². The minimum atomic E-state index is -0.326. The van der Waals surface area contributed by atoms with E-state index < -0.39 is 0 Å². The average Bonchev–Trinajstić information content (AvgIpc) is 2.34. The standard InChI is InChI=1S/C14H23N3O2/c1-11(6-7-19-2)17(10-14(16)18)9-12-4-3-5-13(15)8-12/h3-5,8,11H,6-7,9-10,15H2,1-2H3,(H2,16,18).